The second-order valence-corrected chi connectivity index (χ2v) is 5.96. The van der Waals surface area contributed by atoms with Gasteiger partial charge in [0.05, 0.1) is 0 Å². The highest BCUT2D eigenvalue weighted by molar-refractivity contribution is 9.10. The lowest BCUT2D eigenvalue weighted by atomic mass is 10.5. The van der Waals surface area contributed by atoms with E-state index in [2.05, 4.69) is 37.6 Å². The lowest BCUT2D eigenvalue weighted by Gasteiger charge is -1.99. The van der Waals surface area contributed by atoms with E-state index in [4.69, 9.17) is 0 Å². The van der Waals surface area contributed by atoms with Crippen LogP contribution < -0.4 is 0 Å². The van der Waals surface area contributed by atoms with E-state index >= 15 is 0 Å². The van der Waals surface area contributed by atoms with Crippen LogP contribution in [0.1, 0.15) is 10.7 Å². The highest BCUT2D eigenvalue weighted by Crippen LogP contribution is 2.27. The van der Waals surface area contributed by atoms with Gasteiger partial charge in [-0.25, -0.2) is 0 Å². The molecule has 0 aliphatic rings. The number of aromatic nitrogens is 3. The molecular formula is C9H10BrN3S2. The zero-order chi connectivity index (χ0) is 10.8. The Morgan fingerprint density at radius 1 is 1.53 bits per heavy atom. The van der Waals surface area contributed by atoms with Crippen LogP contribution in [0, 0.1) is 6.92 Å². The van der Waals surface area contributed by atoms with Gasteiger partial charge in [-0.1, -0.05) is 11.8 Å². The molecule has 0 atom stereocenters. The number of thiophene rings is 1. The molecule has 0 saturated carbocycles. The zero-order valence-corrected chi connectivity index (χ0v) is 11.6. The molecule has 0 aromatic carbocycles. The fourth-order valence-corrected chi connectivity index (χ4v) is 3.54. The predicted molar refractivity (Wildman–Crippen MR) is 67.3 cm³/mol. The zero-order valence-electron chi connectivity index (χ0n) is 8.40. The van der Waals surface area contributed by atoms with Gasteiger partial charge in [0.1, 0.15) is 5.82 Å². The Bertz CT molecular complexity index is 464. The van der Waals surface area contributed by atoms with Crippen molar-refractivity contribution in [2.45, 2.75) is 17.8 Å². The Hall–Kier alpha value is -0.330. The van der Waals surface area contributed by atoms with E-state index in [0.29, 0.717) is 0 Å². The SMILES string of the molecule is Cc1nnc(SCc2cc(Br)cs2)n1C. The molecule has 0 radical (unpaired) electrons. The molecule has 0 spiro atoms. The van der Waals surface area contributed by atoms with Crippen molar-refractivity contribution in [1.82, 2.24) is 14.8 Å². The maximum atomic E-state index is 4.11. The molecule has 2 aromatic heterocycles. The minimum atomic E-state index is 0.947. The summed E-state index contributed by atoms with van der Waals surface area (Å²) < 4.78 is 3.16. The minimum Gasteiger partial charge on any atom is -0.309 e. The van der Waals surface area contributed by atoms with Crippen molar-refractivity contribution in [3.63, 3.8) is 0 Å². The van der Waals surface area contributed by atoms with Crippen LogP contribution >= 0.6 is 39.0 Å². The van der Waals surface area contributed by atoms with Gasteiger partial charge in [0.25, 0.3) is 0 Å². The van der Waals surface area contributed by atoms with Crippen LogP contribution in [-0.4, -0.2) is 14.8 Å². The van der Waals surface area contributed by atoms with E-state index in [-0.39, 0.29) is 0 Å². The van der Waals surface area contributed by atoms with Crippen molar-refractivity contribution in [3.8, 4) is 0 Å². The van der Waals surface area contributed by atoms with Gasteiger partial charge in [0.15, 0.2) is 5.16 Å². The molecule has 2 heterocycles. The molecule has 3 nitrogen and oxygen atoms in total. The van der Waals surface area contributed by atoms with Crippen molar-refractivity contribution in [2.75, 3.05) is 0 Å². The molecule has 2 rings (SSSR count). The van der Waals surface area contributed by atoms with Crippen molar-refractivity contribution in [2.24, 2.45) is 7.05 Å². The molecule has 15 heavy (non-hydrogen) atoms. The van der Waals surface area contributed by atoms with Crippen LogP contribution in [-0.2, 0) is 12.8 Å². The number of hydrogen-bond acceptors (Lipinski definition) is 4. The molecule has 0 aliphatic heterocycles. The molecule has 6 heteroatoms. The summed E-state index contributed by atoms with van der Waals surface area (Å²) in [5.74, 6) is 1.90. The van der Waals surface area contributed by atoms with Gasteiger partial charge in [-0.15, -0.1) is 21.5 Å². The first-order valence-corrected chi connectivity index (χ1v) is 7.04. The fourth-order valence-electron chi connectivity index (χ4n) is 1.08. The lowest BCUT2D eigenvalue weighted by molar-refractivity contribution is 0.765. The summed E-state index contributed by atoms with van der Waals surface area (Å²) in [6.45, 7) is 1.96. The first-order chi connectivity index (χ1) is 7.16. The van der Waals surface area contributed by atoms with Gasteiger partial charge in [-0.2, -0.15) is 0 Å². The van der Waals surface area contributed by atoms with Crippen LogP contribution in [0.4, 0.5) is 0 Å². The van der Waals surface area contributed by atoms with Gasteiger partial charge < -0.3 is 4.57 Å². The van der Waals surface area contributed by atoms with Crippen LogP contribution in [0.25, 0.3) is 0 Å². The molecule has 0 unspecified atom stereocenters. The van der Waals surface area contributed by atoms with Crippen molar-refractivity contribution in [3.05, 3.63) is 26.6 Å². The van der Waals surface area contributed by atoms with E-state index in [9.17, 15) is 0 Å². The Morgan fingerprint density at radius 3 is 2.87 bits per heavy atom. The van der Waals surface area contributed by atoms with Crippen molar-refractivity contribution in [1.29, 1.82) is 0 Å². The number of nitrogens with zero attached hydrogens (tertiary/aromatic N) is 3. The molecule has 0 saturated heterocycles. The normalized spacial score (nSPS) is 10.9. The van der Waals surface area contributed by atoms with Crippen LogP contribution in [0.2, 0.25) is 0 Å². The van der Waals surface area contributed by atoms with Crippen molar-refractivity contribution < 1.29 is 0 Å². The van der Waals surface area contributed by atoms with Gasteiger partial charge in [-0.05, 0) is 28.9 Å². The van der Waals surface area contributed by atoms with E-state index in [0.717, 1.165) is 21.2 Å². The number of thioether (sulfide) groups is 1. The summed E-state index contributed by atoms with van der Waals surface area (Å²) in [6, 6.07) is 2.14. The van der Waals surface area contributed by atoms with Gasteiger partial charge in [0, 0.05) is 27.5 Å². The number of rotatable bonds is 3. The lowest BCUT2D eigenvalue weighted by Crippen LogP contribution is -1.93. The first kappa shape index (κ1) is 11.2. The van der Waals surface area contributed by atoms with Crippen LogP contribution in [0.5, 0.6) is 0 Å². The predicted octanol–water partition coefficient (Wildman–Crippen LogP) is 3.24. The molecule has 0 bridgehead atoms. The first-order valence-electron chi connectivity index (χ1n) is 4.38. The smallest absolute Gasteiger partial charge is 0.191 e. The van der Waals surface area contributed by atoms with Crippen LogP contribution in [0.15, 0.2) is 21.1 Å². The van der Waals surface area contributed by atoms with E-state index < -0.39 is 0 Å². The summed E-state index contributed by atoms with van der Waals surface area (Å²) in [7, 11) is 1.99. The molecule has 0 N–H and O–H groups in total. The number of halogens is 1. The Balaban J connectivity index is 2.02. The third kappa shape index (κ3) is 2.62. The van der Waals surface area contributed by atoms with E-state index in [1.807, 2.05) is 18.5 Å². The summed E-state index contributed by atoms with van der Waals surface area (Å²) in [5.41, 5.74) is 0. The quantitative estimate of drug-likeness (QED) is 0.816. The van der Waals surface area contributed by atoms with E-state index in [1.54, 1.807) is 23.1 Å². The standard InChI is InChI=1S/C9H10BrN3S2/c1-6-11-12-9(13(6)2)15-5-8-3-7(10)4-14-8/h3-4H,5H2,1-2H3. The highest BCUT2D eigenvalue weighted by atomic mass is 79.9. The largest absolute Gasteiger partial charge is 0.309 e. The van der Waals surface area contributed by atoms with Crippen LogP contribution in [0.3, 0.4) is 0 Å². The van der Waals surface area contributed by atoms with Crippen molar-refractivity contribution >= 4 is 39.0 Å². The summed E-state index contributed by atoms with van der Waals surface area (Å²) in [4.78, 5) is 1.34. The third-order valence-corrected chi connectivity index (χ3v) is 4.97. The Labute approximate surface area is 105 Å². The fraction of sp³-hybridized carbons (Fsp3) is 0.333. The highest BCUT2D eigenvalue weighted by Gasteiger charge is 2.06. The molecule has 2 aromatic rings. The van der Waals surface area contributed by atoms with Gasteiger partial charge in [0.2, 0.25) is 0 Å². The Kier molecular flexibility index (Phi) is 3.48. The monoisotopic (exact) mass is 303 g/mol. The topological polar surface area (TPSA) is 30.7 Å². The summed E-state index contributed by atoms with van der Waals surface area (Å²) >= 11 is 6.91. The van der Waals surface area contributed by atoms with E-state index in [1.165, 1.54) is 4.88 Å². The summed E-state index contributed by atoms with van der Waals surface area (Å²) in [5, 5.41) is 11.2. The molecule has 0 fully saturated rings. The molecule has 80 valence electrons. The average molecular weight is 304 g/mol. The maximum Gasteiger partial charge on any atom is 0.191 e. The minimum absolute atomic E-state index is 0.947. The number of aryl methyl sites for hydroxylation is 1. The average Bonchev–Trinajstić information content (AvgIpc) is 2.74. The van der Waals surface area contributed by atoms with Gasteiger partial charge in [-0.3, -0.25) is 0 Å². The molecule has 0 aliphatic carbocycles. The Morgan fingerprint density at radius 2 is 2.33 bits per heavy atom. The second kappa shape index (κ2) is 4.67. The molecular weight excluding hydrogens is 294 g/mol. The molecule has 0 amide bonds. The summed E-state index contributed by atoms with van der Waals surface area (Å²) in [6.07, 6.45) is 0. The number of hydrogen-bond donors (Lipinski definition) is 0. The maximum absolute atomic E-state index is 4.11. The third-order valence-electron chi connectivity index (χ3n) is 2.02. The van der Waals surface area contributed by atoms with Gasteiger partial charge >= 0.3 is 0 Å². The second-order valence-electron chi connectivity index (χ2n) is 3.11.